The molecule has 2 aromatic rings. The molecule has 1 saturated carbocycles. The van der Waals surface area contributed by atoms with Gasteiger partial charge in [0.2, 0.25) is 11.8 Å². The lowest BCUT2D eigenvalue weighted by atomic mass is 10.0. The van der Waals surface area contributed by atoms with Crippen molar-refractivity contribution in [3.63, 3.8) is 0 Å². The molecule has 4 aliphatic rings. The molecule has 0 unspecified atom stereocenters. The zero-order valence-electron chi connectivity index (χ0n) is 30.8. The van der Waals surface area contributed by atoms with Gasteiger partial charge in [-0.15, -0.1) is 0 Å². The number of nitrogens with one attached hydrogen (secondary N) is 3. The van der Waals surface area contributed by atoms with Crippen molar-refractivity contribution < 1.29 is 50.6 Å². The topological polar surface area (TPSA) is 181 Å². The van der Waals surface area contributed by atoms with Gasteiger partial charge in [-0.2, -0.15) is 0 Å². The van der Waals surface area contributed by atoms with Crippen molar-refractivity contribution in [2.75, 3.05) is 6.54 Å². The molecule has 0 bridgehead atoms. The minimum absolute atomic E-state index is 0.0478. The van der Waals surface area contributed by atoms with Crippen LogP contribution >= 0.6 is 0 Å². The lowest BCUT2D eigenvalue weighted by Gasteiger charge is -2.30. The van der Waals surface area contributed by atoms with E-state index in [2.05, 4.69) is 10.6 Å². The van der Waals surface area contributed by atoms with Gasteiger partial charge >= 0.3 is 12.2 Å². The van der Waals surface area contributed by atoms with E-state index < -0.39 is 91.7 Å². The van der Waals surface area contributed by atoms with Crippen LogP contribution in [-0.4, -0.2) is 84.0 Å². The lowest BCUT2D eigenvalue weighted by molar-refractivity contribution is -0.141. The van der Waals surface area contributed by atoms with E-state index in [0.717, 1.165) is 29.3 Å². The molecule has 55 heavy (non-hydrogen) atoms. The molecule has 3 aliphatic heterocycles. The molecule has 5 atom stereocenters. The Balaban J connectivity index is 1.28. The fourth-order valence-electron chi connectivity index (χ4n) is 7.30. The maximum Gasteiger partial charge on any atom is 0.410 e. The normalized spacial score (nSPS) is 26.3. The number of halogens is 2. The van der Waals surface area contributed by atoms with Crippen LogP contribution < -0.4 is 15.4 Å². The van der Waals surface area contributed by atoms with E-state index in [1.54, 1.807) is 37.6 Å². The van der Waals surface area contributed by atoms with Crippen molar-refractivity contribution in [1.29, 1.82) is 0 Å². The number of allylic oxidation sites excluding steroid dienone is 1. The minimum Gasteiger partial charge on any atom is -0.444 e. The molecular formula is C38H45F2N5O9S. The number of ether oxygens (including phenoxy) is 2. The van der Waals surface area contributed by atoms with E-state index in [-0.39, 0.29) is 25.8 Å². The highest BCUT2D eigenvalue weighted by Crippen LogP contribution is 2.46. The number of hydrogen-bond donors (Lipinski definition) is 3. The standard InChI is InChI=1S/C38H45F2N5O9S/c1-37(2,3)54-35(49)41-29-17-8-6-4-5-7-14-25-19-38(25,34(48)43-55(51,52)31-27(39)15-11-16-28(31)40)42-32(46)30-18-26(22-45(30)33(29)47)53-36(50)44-20-23-12-9-10-13-24(23)21-44/h7,9-16,25-26,29-30H,4-6,8,17-22H2,1-3H3,(H,41,49)(H,42,46)(H,43,48)/b14-7-/t25-,26-,29+,30+,38-/m1/s1. The second-order valence-electron chi connectivity index (χ2n) is 15.4. The van der Waals surface area contributed by atoms with E-state index in [1.807, 2.05) is 24.3 Å². The smallest absolute Gasteiger partial charge is 0.410 e. The minimum atomic E-state index is -5.08. The third kappa shape index (κ3) is 8.92. The van der Waals surface area contributed by atoms with E-state index in [9.17, 15) is 41.2 Å². The summed E-state index contributed by atoms with van der Waals surface area (Å²) in [6.45, 7) is 5.41. The van der Waals surface area contributed by atoms with Crippen LogP contribution in [0.5, 0.6) is 0 Å². The van der Waals surface area contributed by atoms with Crippen LogP contribution in [0.4, 0.5) is 18.4 Å². The average molecular weight is 786 g/mol. The maximum absolute atomic E-state index is 14.5. The van der Waals surface area contributed by atoms with Gasteiger partial charge in [0.1, 0.15) is 41.0 Å². The molecule has 0 aromatic heterocycles. The third-order valence-electron chi connectivity index (χ3n) is 10.1. The highest BCUT2D eigenvalue weighted by Gasteiger charge is 2.62. The Morgan fingerprint density at radius 2 is 1.64 bits per heavy atom. The Hall–Kier alpha value is -5.06. The number of fused-ring (bicyclic) bond motifs is 3. The van der Waals surface area contributed by atoms with Crippen LogP contribution in [0.1, 0.15) is 76.8 Å². The monoisotopic (exact) mass is 785 g/mol. The zero-order valence-corrected chi connectivity index (χ0v) is 31.6. The largest absolute Gasteiger partial charge is 0.444 e. The summed E-state index contributed by atoms with van der Waals surface area (Å²) < 4.78 is 68.3. The molecule has 3 heterocycles. The molecule has 2 aromatic carbocycles. The average Bonchev–Trinajstić information content (AvgIpc) is 3.40. The second-order valence-corrected chi connectivity index (χ2v) is 17.0. The van der Waals surface area contributed by atoms with Gasteiger partial charge in [0.15, 0.2) is 4.90 Å². The first-order valence-electron chi connectivity index (χ1n) is 18.3. The van der Waals surface area contributed by atoms with Gasteiger partial charge in [0.25, 0.3) is 15.9 Å². The molecule has 0 spiro atoms. The Kier molecular flexibility index (Phi) is 11.2. The summed E-state index contributed by atoms with van der Waals surface area (Å²) in [5.74, 6) is -6.24. The Labute approximate surface area is 318 Å². The summed E-state index contributed by atoms with van der Waals surface area (Å²) in [7, 11) is -5.08. The van der Waals surface area contributed by atoms with Crippen molar-refractivity contribution >= 4 is 39.9 Å². The Morgan fingerprint density at radius 1 is 0.964 bits per heavy atom. The predicted molar refractivity (Wildman–Crippen MR) is 192 cm³/mol. The van der Waals surface area contributed by atoms with Gasteiger partial charge in [-0.05, 0) is 69.7 Å². The number of amides is 5. The fourth-order valence-corrected chi connectivity index (χ4v) is 8.48. The van der Waals surface area contributed by atoms with E-state index in [1.165, 1.54) is 9.80 Å². The Bertz CT molecular complexity index is 1960. The highest BCUT2D eigenvalue weighted by molar-refractivity contribution is 7.90. The SMILES string of the molecule is CC(C)(C)OC(=O)N[C@H]1CCCCC/C=C\[C@@H]2C[C@@]2(C(=O)NS(=O)(=O)c2c(F)cccc2F)NC(=O)[C@@H]2C[C@@H](OC(=O)N3Cc4ccccc4C3)CN2C1=O. The summed E-state index contributed by atoms with van der Waals surface area (Å²) in [6, 6.07) is 7.52. The third-order valence-corrected chi connectivity index (χ3v) is 11.5. The van der Waals surface area contributed by atoms with Crippen LogP contribution in [0.15, 0.2) is 59.5 Å². The molecule has 1 aliphatic carbocycles. The number of benzene rings is 2. The lowest BCUT2D eigenvalue weighted by Crippen LogP contribution is -2.58. The second kappa shape index (κ2) is 15.6. The summed E-state index contributed by atoms with van der Waals surface area (Å²) in [4.78, 5) is 70.1. The van der Waals surface area contributed by atoms with Crippen LogP contribution in [0.2, 0.25) is 0 Å². The number of sulfonamides is 1. The number of hydrogen-bond acceptors (Lipinski definition) is 9. The molecule has 17 heteroatoms. The van der Waals surface area contributed by atoms with Crippen molar-refractivity contribution in [3.8, 4) is 0 Å². The number of carbonyl (C=O) groups excluding carboxylic acids is 5. The molecule has 3 N–H and O–H groups in total. The number of carbonyl (C=O) groups is 5. The molecule has 0 radical (unpaired) electrons. The molecular weight excluding hydrogens is 741 g/mol. The number of rotatable bonds is 5. The molecule has 296 valence electrons. The van der Waals surface area contributed by atoms with Crippen molar-refractivity contribution in [2.24, 2.45) is 5.92 Å². The van der Waals surface area contributed by atoms with E-state index >= 15 is 0 Å². The van der Waals surface area contributed by atoms with Gasteiger partial charge in [0.05, 0.1) is 6.54 Å². The molecule has 6 rings (SSSR count). The quantitative estimate of drug-likeness (QED) is 0.375. The van der Waals surface area contributed by atoms with Crippen molar-refractivity contribution in [2.45, 2.75) is 113 Å². The first-order valence-corrected chi connectivity index (χ1v) is 19.8. The van der Waals surface area contributed by atoms with Crippen molar-refractivity contribution in [1.82, 2.24) is 25.2 Å². The number of alkyl carbamates (subject to hydrolysis) is 1. The van der Waals surface area contributed by atoms with Crippen LogP contribution in [0, 0.1) is 17.6 Å². The first kappa shape index (κ1) is 39.6. The van der Waals surface area contributed by atoms with E-state index in [4.69, 9.17) is 9.47 Å². The van der Waals surface area contributed by atoms with Crippen molar-refractivity contribution in [3.05, 3.63) is 77.4 Å². The van der Waals surface area contributed by atoms with Crippen LogP contribution in [-0.2, 0) is 47.0 Å². The van der Waals surface area contributed by atoms with Gasteiger partial charge in [-0.1, -0.05) is 55.3 Å². The highest BCUT2D eigenvalue weighted by atomic mass is 32.2. The van der Waals surface area contributed by atoms with Gasteiger partial charge in [-0.25, -0.2) is 31.5 Å². The summed E-state index contributed by atoms with van der Waals surface area (Å²) in [5.41, 5.74) is -0.812. The first-order chi connectivity index (χ1) is 26.0. The van der Waals surface area contributed by atoms with Crippen LogP contribution in [0.3, 0.4) is 0 Å². The maximum atomic E-state index is 14.5. The van der Waals surface area contributed by atoms with Crippen LogP contribution in [0.25, 0.3) is 0 Å². The van der Waals surface area contributed by atoms with Gasteiger partial charge < -0.3 is 25.0 Å². The van der Waals surface area contributed by atoms with E-state index in [0.29, 0.717) is 38.8 Å². The van der Waals surface area contributed by atoms with Gasteiger partial charge in [-0.3, -0.25) is 19.3 Å². The summed E-state index contributed by atoms with van der Waals surface area (Å²) in [6.07, 6.45) is 3.41. The molecule has 2 fully saturated rings. The molecule has 14 nitrogen and oxygen atoms in total. The summed E-state index contributed by atoms with van der Waals surface area (Å²) >= 11 is 0. The predicted octanol–water partition coefficient (Wildman–Crippen LogP) is 4.18. The molecule has 5 amide bonds. The summed E-state index contributed by atoms with van der Waals surface area (Å²) in [5, 5.41) is 5.29. The fraction of sp³-hybridized carbons (Fsp3) is 0.500. The Morgan fingerprint density at radius 3 is 2.29 bits per heavy atom. The zero-order chi connectivity index (χ0) is 39.7. The van der Waals surface area contributed by atoms with Gasteiger partial charge in [0, 0.05) is 25.4 Å². The number of nitrogens with zero attached hydrogens (tertiary/aromatic N) is 2. The molecule has 1 saturated heterocycles.